The van der Waals surface area contributed by atoms with Gasteiger partial charge < -0.3 is 4.57 Å². The predicted molar refractivity (Wildman–Crippen MR) is 114 cm³/mol. The van der Waals surface area contributed by atoms with Crippen LogP contribution >= 0.6 is 11.6 Å². The average Bonchev–Trinajstić information content (AvgIpc) is 3.09. The third-order valence-corrected chi connectivity index (χ3v) is 7.01. The van der Waals surface area contributed by atoms with Crippen LogP contribution in [0.1, 0.15) is 55.1 Å². The van der Waals surface area contributed by atoms with Crippen molar-refractivity contribution in [2.24, 2.45) is 5.92 Å². The molecule has 0 atom stereocenters. The molecule has 30 heavy (non-hydrogen) atoms. The van der Waals surface area contributed by atoms with Gasteiger partial charge in [0, 0.05) is 12.1 Å². The molecule has 1 saturated carbocycles. The number of sulfonamides is 1. The zero-order chi connectivity index (χ0) is 21.9. The van der Waals surface area contributed by atoms with Crippen molar-refractivity contribution in [2.75, 3.05) is 5.75 Å². The Kier molecular flexibility index (Phi) is 7.15. The lowest BCUT2D eigenvalue weighted by Gasteiger charge is -2.21. The van der Waals surface area contributed by atoms with Gasteiger partial charge in [-0.1, -0.05) is 30.9 Å². The number of rotatable bonds is 7. The highest BCUT2D eigenvalue weighted by atomic mass is 35.5. The maximum Gasteiger partial charge on any atom is 0.269 e. The van der Waals surface area contributed by atoms with Gasteiger partial charge >= 0.3 is 0 Å². The molecule has 0 unspecified atom stereocenters. The van der Waals surface area contributed by atoms with Gasteiger partial charge in [0.25, 0.3) is 5.91 Å². The number of nitrogens with one attached hydrogen (secondary N) is 2. The van der Waals surface area contributed by atoms with E-state index in [0.717, 1.165) is 32.1 Å². The summed E-state index contributed by atoms with van der Waals surface area (Å²) in [6.07, 6.45) is 6.50. The molecular weight excluding hydrogens is 431 g/mol. The summed E-state index contributed by atoms with van der Waals surface area (Å²) >= 11 is 6.02. The molecule has 0 aliphatic heterocycles. The summed E-state index contributed by atoms with van der Waals surface area (Å²) in [6, 6.07) is 2.78. The van der Waals surface area contributed by atoms with Crippen LogP contribution in [-0.4, -0.2) is 29.6 Å². The Morgan fingerprint density at radius 3 is 2.67 bits per heavy atom. The lowest BCUT2D eigenvalue weighted by atomic mass is 9.91. The number of aromatic nitrogens is 2. The molecule has 2 N–H and O–H groups in total. The van der Waals surface area contributed by atoms with Crippen molar-refractivity contribution in [3.05, 3.63) is 40.6 Å². The van der Waals surface area contributed by atoms with Crippen LogP contribution in [0.5, 0.6) is 0 Å². The highest BCUT2D eigenvalue weighted by Gasteiger charge is 2.24. The molecule has 10 heteroatoms. The third-order valence-electron chi connectivity index (χ3n) is 5.41. The second-order valence-electron chi connectivity index (χ2n) is 7.63. The molecule has 7 nitrogen and oxygen atoms in total. The smallest absolute Gasteiger partial charge is 0.269 e. The Bertz CT molecular complexity index is 1030. The van der Waals surface area contributed by atoms with E-state index in [2.05, 4.69) is 15.2 Å². The Hall–Kier alpha value is -1.97. The standard InChI is InChI=1S/C20H26ClFN4O3S/c1-3-26-12-23-13(2)19(26)15-9-16(18(22)17(21)10-15)20(27)24-25-30(28,29)11-14-7-5-4-6-8-14/h9-10,12,14,25H,3-8,11H2,1-2H3,(H,24,27). The van der Waals surface area contributed by atoms with E-state index >= 15 is 0 Å². The minimum atomic E-state index is -3.73. The van der Waals surface area contributed by atoms with Crippen molar-refractivity contribution >= 4 is 27.5 Å². The van der Waals surface area contributed by atoms with Crippen LogP contribution in [0.3, 0.4) is 0 Å². The summed E-state index contributed by atoms with van der Waals surface area (Å²) in [5.74, 6) is -1.82. The number of hydrogen-bond donors (Lipinski definition) is 2. The molecular formula is C20H26ClFN4O3S. The van der Waals surface area contributed by atoms with Gasteiger partial charge in [-0.15, -0.1) is 4.83 Å². The van der Waals surface area contributed by atoms with Crippen molar-refractivity contribution < 1.29 is 17.6 Å². The summed E-state index contributed by atoms with van der Waals surface area (Å²) in [4.78, 5) is 18.9. The van der Waals surface area contributed by atoms with Gasteiger partial charge in [0.2, 0.25) is 10.0 Å². The van der Waals surface area contributed by atoms with Crippen molar-refractivity contribution in [3.63, 3.8) is 0 Å². The zero-order valence-corrected chi connectivity index (χ0v) is 18.6. The van der Waals surface area contributed by atoms with E-state index < -0.39 is 21.7 Å². The number of amides is 1. The first-order valence-electron chi connectivity index (χ1n) is 10.0. The molecule has 164 valence electrons. The van der Waals surface area contributed by atoms with E-state index in [1.807, 2.05) is 11.5 Å². The van der Waals surface area contributed by atoms with Crippen LogP contribution in [0.4, 0.5) is 4.39 Å². The molecule has 1 heterocycles. The van der Waals surface area contributed by atoms with E-state index in [4.69, 9.17) is 11.6 Å². The highest BCUT2D eigenvalue weighted by molar-refractivity contribution is 7.89. The van der Waals surface area contributed by atoms with Crippen molar-refractivity contribution in [1.82, 2.24) is 19.8 Å². The van der Waals surface area contributed by atoms with E-state index in [-0.39, 0.29) is 22.3 Å². The van der Waals surface area contributed by atoms with Crippen LogP contribution in [0, 0.1) is 18.7 Å². The van der Waals surface area contributed by atoms with Gasteiger partial charge in [-0.2, -0.15) is 0 Å². The number of aryl methyl sites for hydroxylation is 2. The Labute approximate surface area is 181 Å². The lowest BCUT2D eigenvalue weighted by molar-refractivity contribution is 0.0941. The van der Waals surface area contributed by atoms with Crippen molar-refractivity contribution in [1.29, 1.82) is 0 Å². The minimum Gasteiger partial charge on any atom is -0.331 e. The summed E-state index contributed by atoms with van der Waals surface area (Å²) in [5.41, 5.74) is 3.71. The van der Waals surface area contributed by atoms with Crippen LogP contribution in [0.2, 0.25) is 5.02 Å². The summed E-state index contributed by atoms with van der Waals surface area (Å²) < 4.78 is 41.0. The number of carbonyl (C=O) groups is 1. The fraction of sp³-hybridized carbons (Fsp3) is 0.500. The van der Waals surface area contributed by atoms with Crippen LogP contribution in [0.15, 0.2) is 18.5 Å². The van der Waals surface area contributed by atoms with E-state index in [1.54, 1.807) is 13.3 Å². The fourth-order valence-corrected chi connectivity index (χ4v) is 5.39. The third kappa shape index (κ3) is 5.19. The molecule has 1 fully saturated rings. The number of benzene rings is 1. The molecule has 0 saturated heterocycles. The normalized spacial score (nSPS) is 15.3. The fourth-order valence-electron chi connectivity index (χ4n) is 3.89. The van der Waals surface area contributed by atoms with E-state index in [9.17, 15) is 17.6 Å². The molecule has 0 bridgehead atoms. The molecule has 3 rings (SSSR count). The molecule has 0 radical (unpaired) electrons. The number of nitrogens with zero attached hydrogens (tertiary/aromatic N) is 2. The summed E-state index contributed by atoms with van der Waals surface area (Å²) in [6.45, 7) is 4.37. The highest BCUT2D eigenvalue weighted by Crippen LogP contribution is 2.30. The molecule has 2 aromatic rings. The van der Waals surface area contributed by atoms with Crippen LogP contribution < -0.4 is 10.3 Å². The summed E-state index contributed by atoms with van der Waals surface area (Å²) in [5, 5.41) is -0.231. The van der Waals surface area contributed by atoms with Gasteiger partial charge in [0.15, 0.2) is 5.82 Å². The second-order valence-corrected chi connectivity index (χ2v) is 9.80. The van der Waals surface area contributed by atoms with E-state index in [0.29, 0.717) is 23.5 Å². The molecule has 1 aliphatic carbocycles. The maximum absolute atomic E-state index is 14.6. The van der Waals surface area contributed by atoms with Gasteiger partial charge in [-0.3, -0.25) is 10.2 Å². The SMILES string of the molecule is CCn1cnc(C)c1-c1cc(Cl)c(F)c(C(=O)NNS(=O)(=O)CC2CCCCC2)c1. The lowest BCUT2D eigenvalue weighted by Crippen LogP contribution is -2.44. The topological polar surface area (TPSA) is 93.1 Å². The van der Waals surface area contributed by atoms with Crippen molar-refractivity contribution in [3.8, 4) is 11.3 Å². The number of imidazole rings is 1. The average molecular weight is 457 g/mol. The van der Waals surface area contributed by atoms with Gasteiger partial charge in [0.1, 0.15) is 0 Å². The zero-order valence-electron chi connectivity index (χ0n) is 17.0. The Balaban J connectivity index is 1.78. The number of hydrogen-bond acceptors (Lipinski definition) is 4. The maximum atomic E-state index is 14.6. The molecule has 1 amide bonds. The largest absolute Gasteiger partial charge is 0.331 e. The van der Waals surface area contributed by atoms with Crippen LogP contribution in [0.25, 0.3) is 11.3 Å². The second kappa shape index (κ2) is 9.45. The number of carbonyl (C=O) groups excluding carboxylic acids is 1. The van der Waals surface area contributed by atoms with Gasteiger partial charge in [-0.05, 0) is 44.7 Å². The Morgan fingerprint density at radius 2 is 2.00 bits per heavy atom. The quantitative estimate of drug-likeness (QED) is 0.619. The Morgan fingerprint density at radius 1 is 1.30 bits per heavy atom. The van der Waals surface area contributed by atoms with Crippen LogP contribution in [-0.2, 0) is 16.6 Å². The number of halogens is 2. The first-order valence-corrected chi connectivity index (χ1v) is 12.1. The van der Waals surface area contributed by atoms with Gasteiger partial charge in [-0.25, -0.2) is 17.8 Å². The van der Waals surface area contributed by atoms with E-state index in [1.165, 1.54) is 12.1 Å². The monoisotopic (exact) mass is 456 g/mol. The van der Waals surface area contributed by atoms with Crippen molar-refractivity contribution in [2.45, 2.75) is 52.5 Å². The summed E-state index contributed by atoms with van der Waals surface area (Å²) in [7, 11) is -3.73. The first kappa shape index (κ1) is 22.7. The molecule has 1 aromatic heterocycles. The molecule has 1 aromatic carbocycles. The molecule has 1 aliphatic rings. The minimum absolute atomic E-state index is 0.0641. The predicted octanol–water partition coefficient (Wildman–Crippen LogP) is 3.82. The van der Waals surface area contributed by atoms with Gasteiger partial charge in [0.05, 0.1) is 34.1 Å². The number of hydrazine groups is 1. The molecule has 0 spiro atoms. The first-order chi connectivity index (χ1) is 14.2.